The Labute approximate surface area is 166 Å². The largest absolute Gasteiger partial charge is 0.487 e. The molecule has 0 saturated heterocycles. The Morgan fingerprint density at radius 2 is 1.93 bits per heavy atom. The van der Waals surface area contributed by atoms with Gasteiger partial charge in [-0.1, -0.05) is 18.2 Å². The average molecular weight is 399 g/mol. The van der Waals surface area contributed by atoms with Gasteiger partial charge < -0.3 is 4.74 Å². The number of para-hydroxylation sites is 1. The third-order valence-corrected chi connectivity index (χ3v) is 4.86. The van der Waals surface area contributed by atoms with Crippen molar-refractivity contribution in [2.45, 2.75) is 44.9 Å². The molecule has 0 bridgehead atoms. The van der Waals surface area contributed by atoms with Gasteiger partial charge in [-0.15, -0.1) is 0 Å². The number of hydrogen-bond acceptors (Lipinski definition) is 4. The van der Waals surface area contributed by atoms with Crippen molar-refractivity contribution in [1.82, 2.24) is 15.0 Å². The number of aryl methyl sites for hydroxylation is 2. The maximum absolute atomic E-state index is 12.9. The summed E-state index contributed by atoms with van der Waals surface area (Å²) in [4.78, 5) is 12.3. The van der Waals surface area contributed by atoms with E-state index in [-0.39, 0.29) is 17.0 Å². The van der Waals surface area contributed by atoms with E-state index >= 15 is 0 Å². The SMILES string of the molecule is CC1(C)Cc2cccc(CCc3ccnc(-c4cncc(C(F)(F)F)c4)n3)c2O1. The zero-order chi connectivity index (χ0) is 20.6. The number of benzene rings is 1. The Morgan fingerprint density at radius 1 is 1.10 bits per heavy atom. The molecule has 2 aromatic heterocycles. The minimum atomic E-state index is -4.46. The average Bonchev–Trinajstić information content (AvgIpc) is 3.00. The van der Waals surface area contributed by atoms with E-state index in [2.05, 4.69) is 34.9 Å². The number of rotatable bonds is 4. The minimum Gasteiger partial charge on any atom is -0.487 e. The number of halogens is 3. The molecule has 0 aliphatic carbocycles. The molecule has 0 radical (unpaired) electrons. The molecule has 0 saturated carbocycles. The molecule has 4 rings (SSSR count). The molecule has 0 amide bonds. The molecule has 1 aromatic carbocycles. The fraction of sp³-hybridized carbons (Fsp3) is 0.318. The van der Waals surface area contributed by atoms with Crippen LogP contribution in [-0.2, 0) is 25.4 Å². The highest BCUT2D eigenvalue weighted by Crippen LogP contribution is 2.38. The van der Waals surface area contributed by atoms with Crippen LogP contribution in [0.3, 0.4) is 0 Å². The lowest BCUT2D eigenvalue weighted by Crippen LogP contribution is -2.24. The Hall–Kier alpha value is -2.96. The van der Waals surface area contributed by atoms with Crippen molar-refractivity contribution in [2.24, 2.45) is 0 Å². The van der Waals surface area contributed by atoms with Gasteiger partial charge in [0.25, 0.3) is 0 Å². The van der Waals surface area contributed by atoms with Crippen molar-refractivity contribution in [2.75, 3.05) is 0 Å². The molecule has 1 aliphatic rings. The second-order valence-electron chi connectivity index (χ2n) is 7.78. The van der Waals surface area contributed by atoms with Crippen molar-refractivity contribution in [3.05, 3.63) is 71.3 Å². The summed E-state index contributed by atoms with van der Waals surface area (Å²) in [5, 5.41) is 0. The van der Waals surface area contributed by atoms with Crippen LogP contribution in [0.5, 0.6) is 5.75 Å². The van der Waals surface area contributed by atoms with E-state index in [1.54, 1.807) is 12.3 Å². The van der Waals surface area contributed by atoms with Crippen molar-refractivity contribution in [1.29, 1.82) is 0 Å². The normalized spacial score (nSPS) is 15.1. The molecular weight excluding hydrogens is 379 g/mol. The van der Waals surface area contributed by atoms with Crippen molar-refractivity contribution < 1.29 is 17.9 Å². The van der Waals surface area contributed by atoms with Gasteiger partial charge in [-0.2, -0.15) is 13.2 Å². The van der Waals surface area contributed by atoms with Gasteiger partial charge in [0.15, 0.2) is 5.82 Å². The molecule has 0 unspecified atom stereocenters. The lowest BCUT2D eigenvalue weighted by molar-refractivity contribution is -0.137. The summed E-state index contributed by atoms with van der Waals surface area (Å²) in [5.74, 6) is 1.17. The third kappa shape index (κ3) is 4.23. The molecule has 4 nitrogen and oxygen atoms in total. The summed E-state index contributed by atoms with van der Waals surface area (Å²) in [6.45, 7) is 4.13. The predicted molar refractivity (Wildman–Crippen MR) is 103 cm³/mol. The lowest BCUT2D eigenvalue weighted by atomic mass is 9.99. The van der Waals surface area contributed by atoms with Gasteiger partial charge in [0, 0.05) is 36.3 Å². The molecule has 29 heavy (non-hydrogen) atoms. The number of fused-ring (bicyclic) bond motifs is 1. The van der Waals surface area contributed by atoms with Crippen LogP contribution < -0.4 is 4.74 Å². The number of aromatic nitrogens is 3. The van der Waals surface area contributed by atoms with Crippen LogP contribution >= 0.6 is 0 Å². The first-order valence-electron chi connectivity index (χ1n) is 9.36. The maximum atomic E-state index is 12.9. The van der Waals surface area contributed by atoms with Crippen LogP contribution in [0.15, 0.2) is 48.9 Å². The van der Waals surface area contributed by atoms with E-state index < -0.39 is 11.7 Å². The molecule has 150 valence electrons. The minimum absolute atomic E-state index is 0.211. The Bertz CT molecular complexity index is 1050. The van der Waals surface area contributed by atoms with Crippen molar-refractivity contribution in [3.8, 4) is 17.1 Å². The summed E-state index contributed by atoms with van der Waals surface area (Å²) in [6, 6.07) is 8.94. The van der Waals surface area contributed by atoms with E-state index in [1.807, 2.05) is 12.1 Å². The summed E-state index contributed by atoms with van der Waals surface area (Å²) < 4.78 is 44.9. The molecule has 0 atom stereocenters. The van der Waals surface area contributed by atoms with Gasteiger partial charge in [0.1, 0.15) is 11.4 Å². The highest BCUT2D eigenvalue weighted by atomic mass is 19.4. The van der Waals surface area contributed by atoms with Crippen LogP contribution in [0.25, 0.3) is 11.4 Å². The molecule has 1 aliphatic heterocycles. The highest BCUT2D eigenvalue weighted by Gasteiger charge is 2.32. The second kappa shape index (κ2) is 7.13. The first-order chi connectivity index (χ1) is 13.7. The molecule has 3 aromatic rings. The van der Waals surface area contributed by atoms with E-state index in [0.29, 0.717) is 6.42 Å². The summed E-state index contributed by atoms with van der Waals surface area (Å²) in [5.41, 5.74) is 2.27. The van der Waals surface area contributed by atoms with E-state index in [4.69, 9.17) is 4.74 Å². The first-order valence-corrected chi connectivity index (χ1v) is 9.36. The molecule has 3 heterocycles. The zero-order valence-corrected chi connectivity index (χ0v) is 16.1. The summed E-state index contributed by atoms with van der Waals surface area (Å²) >= 11 is 0. The van der Waals surface area contributed by atoms with E-state index in [1.165, 1.54) is 11.8 Å². The van der Waals surface area contributed by atoms with Crippen LogP contribution in [0.1, 0.15) is 36.2 Å². The Balaban J connectivity index is 1.54. The van der Waals surface area contributed by atoms with Crippen LogP contribution in [0.2, 0.25) is 0 Å². The molecule has 0 N–H and O–H groups in total. The number of hydrogen-bond donors (Lipinski definition) is 0. The van der Waals surface area contributed by atoms with Gasteiger partial charge >= 0.3 is 6.18 Å². The quantitative estimate of drug-likeness (QED) is 0.616. The number of ether oxygens (including phenoxy) is 1. The van der Waals surface area contributed by atoms with Crippen LogP contribution in [0.4, 0.5) is 13.2 Å². The summed E-state index contributed by atoms with van der Waals surface area (Å²) in [7, 11) is 0. The van der Waals surface area contributed by atoms with E-state index in [0.717, 1.165) is 42.1 Å². The number of nitrogens with zero attached hydrogens (tertiary/aromatic N) is 3. The van der Waals surface area contributed by atoms with Gasteiger partial charge in [0.2, 0.25) is 0 Å². The van der Waals surface area contributed by atoms with Crippen molar-refractivity contribution >= 4 is 0 Å². The molecule has 7 heteroatoms. The molecule has 0 fully saturated rings. The number of alkyl halides is 3. The standard InChI is InChI=1S/C22H20F3N3O/c1-21(2)11-15-5-3-4-14(19(15)29-21)6-7-18-8-9-27-20(28-18)16-10-17(13-26-12-16)22(23,24)25/h3-5,8-10,12-13H,6-7,11H2,1-2H3. The maximum Gasteiger partial charge on any atom is 0.417 e. The Kier molecular flexibility index (Phi) is 4.76. The monoisotopic (exact) mass is 399 g/mol. The van der Waals surface area contributed by atoms with Gasteiger partial charge in [-0.05, 0) is 49.9 Å². The predicted octanol–water partition coefficient (Wildman–Crippen LogP) is 5.06. The molecular formula is C22H20F3N3O. The third-order valence-electron chi connectivity index (χ3n) is 4.86. The fourth-order valence-electron chi connectivity index (χ4n) is 3.53. The van der Waals surface area contributed by atoms with Gasteiger partial charge in [-0.25, -0.2) is 9.97 Å². The summed E-state index contributed by atoms with van der Waals surface area (Å²) in [6.07, 6.45) is 1.46. The van der Waals surface area contributed by atoms with Gasteiger partial charge in [-0.3, -0.25) is 4.98 Å². The van der Waals surface area contributed by atoms with Crippen LogP contribution in [-0.4, -0.2) is 20.6 Å². The topological polar surface area (TPSA) is 47.9 Å². The zero-order valence-electron chi connectivity index (χ0n) is 16.1. The van der Waals surface area contributed by atoms with Gasteiger partial charge in [0.05, 0.1) is 5.56 Å². The van der Waals surface area contributed by atoms with E-state index in [9.17, 15) is 13.2 Å². The molecule has 0 spiro atoms. The second-order valence-corrected chi connectivity index (χ2v) is 7.78. The fourth-order valence-corrected chi connectivity index (χ4v) is 3.53. The van der Waals surface area contributed by atoms with Crippen LogP contribution in [0, 0.1) is 0 Å². The van der Waals surface area contributed by atoms with Crippen molar-refractivity contribution in [3.63, 3.8) is 0 Å². The highest BCUT2D eigenvalue weighted by molar-refractivity contribution is 5.54. The number of pyridine rings is 1. The Morgan fingerprint density at radius 3 is 2.72 bits per heavy atom. The lowest BCUT2D eigenvalue weighted by Gasteiger charge is -2.18. The smallest absolute Gasteiger partial charge is 0.417 e. The first kappa shape index (κ1) is 19.4.